The molecule has 0 aliphatic heterocycles. The molecule has 0 heterocycles. The molecule has 1 fully saturated rings. The van der Waals surface area contributed by atoms with Gasteiger partial charge in [-0.1, -0.05) is 49.7 Å². The number of benzene rings is 2. The van der Waals surface area contributed by atoms with Gasteiger partial charge >= 0.3 is 0 Å². The van der Waals surface area contributed by atoms with Gasteiger partial charge in [0.1, 0.15) is 5.67 Å². The Kier molecular flexibility index (Phi) is 4.48. The van der Waals surface area contributed by atoms with Crippen LogP contribution in [-0.2, 0) is 5.67 Å². The summed E-state index contributed by atoms with van der Waals surface area (Å²) < 4.78 is 15.2. The number of rotatable bonds is 3. The van der Waals surface area contributed by atoms with E-state index in [2.05, 4.69) is 13.0 Å². The highest BCUT2D eigenvalue weighted by Crippen LogP contribution is 2.43. The van der Waals surface area contributed by atoms with Crippen LogP contribution in [0.1, 0.15) is 50.2 Å². The minimum Gasteiger partial charge on any atom is -0.239 e. The van der Waals surface area contributed by atoms with E-state index in [9.17, 15) is 0 Å². The molecule has 0 saturated heterocycles. The topological polar surface area (TPSA) is 23.8 Å². The van der Waals surface area contributed by atoms with Gasteiger partial charge in [-0.15, -0.1) is 0 Å². The van der Waals surface area contributed by atoms with Gasteiger partial charge in [0.2, 0.25) is 0 Å². The Labute approximate surface area is 137 Å². The SMILES string of the molecule is CCC1CCC(F)(c2ccc(-c3ccc(C#N)cc3)cc2)CC1. The predicted octanol–water partition coefficient (Wildman–Crippen LogP) is 5.99. The third kappa shape index (κ3) is 3.29. The summed E-state index contributed by atoms with van der Waals surface area (Å²) >= 11 is 0. The van der Waals surface area contributed by atoms with Gasteiger partial charge in [0.05, 0.1) is 11.6 Å². The molecule has 2 aromatic carbocycles. The first-order valence-corrected chi connectivity index (χ1v) is 8.44. The Hall–Kier alpha value is -2.14. The average molecular weight is 307 g/mol. The second-order valence-corrected chi connectivity index (χ2v) is 6.58. The van der Waals surface area contributed by atoms with E-state index in [4.69, 9.17) is 5.26 Å². The van der Waals surface area contributed by atoms with E-state index in [-0.39, 0.29) is 0 Å². The predicted molar refractivity (Wildman–Crippen MR) is 91.6 cm³/mol. The summed E-state index contributed by atoms with van der Waals surface area (Å²) in [5.74, 6) is 0.691. The lowest BCUT2D eigenvalue weighted by Crippen LogP contribution is -2.27. The summed E-state index contributed by atoms with van der Waals surface area (Å²) in [6, 6.07) is 17.5. The maximum Gasteiger partial charge on any atom is 0.136 e. The van der Waals surface area contributed by atoms with Gasteiger partial charge in [0, 0.05) is 0 Å². The molecule has 0 radical (unpaired) electrons. The maximum atomic E-state index is 15.2. The van der Waals surface area contributed by atoms with Crippen LogP contribution < -0.4 is 0 Å². The summed E-state index contributed by atoms with van der Waals surface area (Å²) in [6.07, 6.45) is 4.42. The largest absolute Gasteiger partial charge is 0.239 e. The zero-order chi connectivity index (χ0) is 16.3. The first kappa shape index (κ1) is 15.7. The van der Waals surface area contributed by atoms with E-state index < -0.39 is 5.67 Å². The Morgan fingerprint density at radius 3 is 2.00 bits per heavy atom. The van der Waals surface area contributed by atoms with Gasteiger partial charge in [-0.05, 0) is 60.4 Å². The van der Waals surface area contributed by atoms with Crippen LogP contribution in [0.4, 0.5) is 4.39 Å². The lowest BCUT2D eigenvalue weighted by atomic mass is 9.75. The van der Waals surface area contributed by atoms with Crippen LogP contribution in [0, 0.1) is 17.2 Å². The number of hydrogen-bond donors (Lipinski definition) is 0. The van der Waals surface area contributed by atoms with Crippen LogP contribution in [0.15, 0.2) is 48.5 Å². The molecule has 0 amide bonds. The van der Waals surface area contributed by atoms with Crippen molar-refractivity contribution in [3.63, 3.8) is 0 Å². The van der Waals surface area contributed by atoms with Crippen LogP contribution in [0.25, 0.3) is 11.1 Å². The molecule has 1 nitrogen and oxygen atoms in total. The van der Waals surface area contributed by atoms with E-state index in [1.54, 1.807) is 0 Å². The van der Waals surface area contributed by atoms with Crippen molar-refractivity contribution in [3.8, 4) is 17.2 Å². The van der Waals surface area contributed by atoms with Crippen molar-refractivity contribution >= 4 is 0 Å². The molecule has 0 atom stereocenters. The molecular weight excluding hydrogens is 285 g/mol. The van der Waals surface area contributed by atoms with E-state index >= 15 is 4.39 Å². The van der Waals surface area contributed by atoms with Crippen molar-refractivity contribution in [1.29, 1.82) is 5.26 Å². The van der Waals surface area contributed by atoms with Crippen LogP contribution in [0.2, 0.25) is 0 Å². The molecule has 1 aliphatic rings. The third-order valence-electron chi connectivity index (χ3n) is 5.22. The molecule has 0 bridgehead atoms. The fourth-order valence-corrected chi connectivity index (χ4v) is 3.53. The molecule has 3 rings (SSSR count). The van der Waals surface area contributed by atoms with Gasteiger partial charge in [-0.3, -0.25) is 0 Å². The summed E-state index contributed by atoms with van der Waals surface area (Å²) in [5.41, 5.74) is 2.42. The number of nitrogens with zero attached hydrogens (tertiary/aromatic N) is 1. The average Bonchev–Trinajstić information content (AvgIpc) is 2.63. The van der Waals surface area contributed by atoms with E-state index in [0.29, 0.717) is 24.3 Å². The quantitative estimate of drug-likeness (QED) is 0.683. The van der Waals surface area contributed by atoms with E-state index in [0.717, 1.165) is 36.0 Å². The van der Waals surface area contributed by atoms with Crippen molar-refractivity contribution in [3.05, 3.63) is 59.7 Å². The molecule has 0 N–H and O–H groups in total. The van der Waals surface area contributed by atoms with Gasteiger partial charge in [0.15, 0.2) is 0 Å². The minimum atomic E-state index is -1.16. The Bertz CT molecular complexity index is 686. The highest BCUT2D eigenvalue weighted by Gasteiger charge is 2.36. The molecule has 118 valence electrons. The van der Waals surface area contributed by atoms with Crippen molar-refractivity contribution in [1.82, 2.24) is 0 Å². The van der Waals surface area contributed by atoms with Gasteiger partial charge in [-0.2, -0.15) is 5.26 Å². The smallest absolute Gasteiger partial charge is 0.136 e. The summed E-state index contributed by atoms with van der Waals surface area (Å²) in [5, 5.41) is 8.85. The highest BCUT2D eigenvalue weighted by molar-refractivity contribution is 5.64. The number of nitriles is 1. The standard InChI is InChI=1S/C21H22FN/c1-2-16-11-13-21(22,14-12-16)20-9-7-19(8-10-20)18-5-3-17(15-23)4-6-18/h3-10,16H,2,11-14H2,1H3. The molecule has 2 heteroatoms. The number of hydrogen-bond acceptors (Lipinski definition) is 1. The van der Waals surface area contributed by atoms with Gasteiger partial charge in [-0.25, -0.2) is 4.39 Å². The maximum absolute atomic E-state index is 15.2. The van der Waals surface area contributed by atoms with Crippen LogP contribution >= 0.6 is 0 Å². The molecule has 2 aromatic rings. The molecule has 23 heavy (non-hydrogen) atoms. The summed E-state index contributed by atoms with van der Waals surface area (Å²) in [7, 11) is 0. The van der Waals surface area contributed by atoms with Crippen LogP contribution in [0.3, 0.4) is 0 Å². The first-order chi connectivity index (χ1) is 11.1. The monoisotopic (exact) mass is 307 g/mol. The lowest BCUT2D eigenvalue weighted by molar-refractivity contribution is 0.0807. The second kappa shape index (κ2) is 6.54. The fourth-order valence-electron chi connectivity index (χ4n) is 3.53. The third-order valence-corrected chi connectivity index (χ3v) is 5.22. The molecule has 1 saturated carbocycles. The van der Waals surface area contributed by atoms with Gasteiger partial charge in [0.25, 0.3) is 0 Å². The minimum absolute atomic E-state index is 0.641. The fraction of sp³-hybridized carbons (Fsp3) is 0.381. The molecule has 0 aromatic heterocycles. The number of halogens is 1. The zero-order valence-electron chi connectivity index (χ0n) is 13.6. The van der Waals surface area contributed by atoms with Gasteiger partial charge < -0.3 is 0 Å². The van der Waals surface area contributed by atoms with Crippen LogP contribution in [0.5, 0.6) is 0 Å². The first-order valence-electron chi connectivity index (χ1n) is 8.44. The van der Waals surface area contributed by atoms with Crippen molar-refractivity contribution < 1.29 is 4.39 Å². The molecule has 0 spiro atoms. The van der Waals surface area contributed by atoms with E-state index in [1.165, 1.54) is 0 Å². The second-order valence-electron chi connectivity index (χ2n) is 6.58. The van der Waals surface area contributed by atoms with Crippen molar-refractivity contribution in [2.75, 3.05) is 0 Å². The Morgan fingerprint density at radius 1 is 1.00 bits per heavy atom. The van der Waals surface area contributed by atoms with Crippen LogP contribution in [-0.4, -0.2) is 0 Å². The normalized spacial score (nSPS) is 24.1. The van der Waals surface area contributed by atoms with E-state index in [1.807, 2.05) is 48.5 Å². The molecule has 1 aliphatic carbocycles. The number of alkyl halides is 1. The lowest BCUT2D eigenvalue weighted by Gasteiger charge is -2.34. The summed E-state index contributed by atoms with van der Waals surface area (Å²) in [6.45, 7) is 2.20. The Balaban J connectivity index is 1.78. The zero-order valence-corrected chi connectivity index (χ0v) is 13.6. The summed E-state index contributed by atoms with van der Waals surface area (Å²) in [4.78, 5) is 0. The van der Waals surface area contributed by atoms with Crippen molar-refractivity contribution in [2.24, 2.45) is 5.92 Å². The van der Waals surface area contributed by atoms with Crippen molar-refractivity contribution in [2.45, 2.75) is 44.7 Å². The Morgan fingerprint density at radius 2 is 1.52 bits per heavy atom. The molecule has 0 unspecified atom stereocenters. The molecular formula is C21H22FN. The highest BCUT2D eigenvalue weighted by atomic mass is 19.1.